The molecule has 3 nitrogen and oxygen atoms in total. The van der Waals surface area contributed by atoms with Crippen LogP contribution in [0.2, 0.25) is 0 Å². The van der Waals surface area contributed by atoms with Gasteiger partial charge in [-0.2, -0.15) is 0 Å². The molecule has 1 rings (SSSR count). The maximum atomic E-state index is 11.8. The van der Waals surface area contributed by atoms with Crippen LogP contribution in [0.15, 0.2) is 30.3 Å². The summed E-state index contributed by atoms with van der Waals surface area (Å²) >= 11 is 0. The molecule has 0 radical (unpaired) electrons. The van der Waals surface area contributed by atoms with Crippen molar-refractivity contribution in [3.05, 3.63) is 30.3 Å². The number of benzene rings is 1. The van der Waals surface area contributed by atoms with Gasteiger partial charge in [-0.15, -0.1) is 0 Å². The third-order valence-electron chi connectivity index (χ3n) is 1.18. The maximum absolute atomic E-state index is 11.8. The number of hydrogen-bond donors (Lipinski definition) is 0. The summed E-state index contributed by atoms with van der Waals surface area (Å²) in [4.78, 5) is 11.8. The normalized spacial score (nSPS) is 23.0. The summed E-state index contributed by atoms with van der Waals surface area (Å²) < 4.78 is 74.7. The van der Waals surface area contributed by atoms with Gasteiger partial charge in [0.15, 0.2) is 0 Å². The highest BCUT2D eigenvalue weighted by Gasteiger charge is 2.17. The molecule has 0 spiro atoms. The van der Waals surface area contributed by atoms with Crippen molar-refractivity contribution < 1.29 is 26.6 Å². The van der Waals surface area contributed by atoms with E-state index in [1.165, 1.54) is 24.3 Å². The van der Waals surface area contributed by atoms with Gasteiger partial charge in [-0.1, -0.05) is 18.2 Å². The Morgan fingerprint density at radius 2 is 1.93 bits per heavy atom. The van der Waals surface area contributed by atoms with Crippen molar-refractivity contribution in [3.63, 3.8) is 0 Å². The maximum Gasteiger partial charge on any atom is 0.514 e. The summed E-state index contributed by atoms with van der Waals surface area (Å²) in [6.07, 6.45) is -1.74. The van der Waals surface area contributed by atoms with Gasteiger partial charge in [0.05, 0.1) is 0 Å². The lowest BCUT2D eigenvalue weighted by atomic mass is 10.2. The summed E-state index contributed by atoms with van der Waals surface area (Å²) in [6, 6.07) is 7.24. The first kappa shape index (κ1) is 3.57. The zero-order valence-corrected chi connectivity index (χ0v) is 7.11. The number of para-hydroxylation sites is 1. The Labute approximate surface area is 96.3 Å². The van der Waals surface area contributed by atoms with E-state index in [-0.39, 0.29) is 5.75 Å². The summed E-state index contributed by atoms with van der Waals surface area (Å²) in [5.41, 5.74) is -3.71. The van der Waals surface area contributed by atoms with Crippen molar-refractivity contribution >= 4 is 6.16 Å². The first-order chi connectivity index (χ1) is 10.2. The molecule has 14 heavy (non-hydrogen) atoms. The Morgan fingerprint density at radius 3 is 2.50 bits per heavy atom. The standard InChI is InChI=1S/C11H14O3/c1-11(2,3)14-10(12)13-9-7-5-4-6-8-9/h4-8H,1-3H3/i1D3,2D3,3D3. The van der Waals surface area contributed by atoms with Crippen molar-refractivity contribution in [1.29, 1.82) is 0 Å². The highest BCUT2D eigenvalue weighted by Crippen LogP contribution is 2.13. The fraction of sp³-hybridized carbons (Fsp3) is 0.364. The summed E-state index contributed by atoms with van der Waals surface area (Å²) in [5.74, 6) is -0.0620. The van der Waals surface area contributed by atoms with E-state index in [0.717, 1.165) is 0 Å². The van der Waals surface area contributed by atoms with E-state index in [2.05, 4.69) is 9.47 Å². The van der Waals surface area contributed by atoms with Gasteiger partial charge in [-0.3, -0.25) is 0 Å². The van der Waals surface area contributed by atoms with Crippen molar-refractivity contribution in [2.45, 2.75) is 26.2 Å². The molecule has 0 heterocycles. The second-order valence-electron chi connectivity index (χ2n) is 2.45. The van der Waals surface area contributed by atoms with Crippen molar-refractivity contribution in [1.82, 2.24) is 0 Å². The van der Waals surface area contributed by atoms with Gasteiger partial charge in [-0.25, -0.2) is 4.79 Å². The molecule has 0 unspecified atom stereocenters. The second-order valence-corrected chi connectivity index (χ2v) is 2.45. The lowest BCUT2D eigenvalue weighted by molar-refractivity contribution is 0.0206. The first-order valence-corrected chi connectivity index (χ1v) is 3.68. The topological polar surface area (TPSA) is 35.5 Å². The average Bonchev–Trinajstić information content (AvgIpc) is 2.32. The molecule has 0 aliphatic carbocycles. The number of ether oxygens (including phenoxy) is 2. The second kappa shape index (κ2) is 4.13. The molecular weight excluding hydrogens is 180 g/mol. The monoisotopic (exact) mass is 203 g/mol. The molecule has 0 saturated heterocycles. The largest absolute Gasteiger partial charge is 0.514 e. The Morgan fingerprint density at radius 1 is 1.29 bits per heavy atom. The van der Waals surface area contributed by atoms with E-state index >= 15 is 0 Å². The van der Waals surface area contributed by atoms with Gasteiger partial charge in [0.2, 0.25) is 0 Å². The summed E-state index contributed by atoms with van der Waals surface area (Å²) in [6.45, 7) is -10.9. The van der Waals surface area contributed by atoms with Crippen molar-refractivity contribution in [2.24, 2.45) is 0 Å². The zero-order chi connectivity index (χ0) is 18.1. The minimum absolute atomic E-state index is 0.0620. The molecule has 0 aromatic heterocycles. The molecule has 0 saturated carbocycles. The molecule has 3 heteroatoms. The average molecular weight is 203 g/mol. The fourth-order valence-electron chi connectivity index (χ4n) is 0.731. The molecule has 0 bridgehead atoms. The van der Waals surface area contributed by atoms with Crippen LogP contribution in [0.25, 0.3) is 0 Å². The molecule has 0 aliphatic heterocycles. The summed E-state index contributed by atoms with van der Waals surface area (Å²) in [5, 5.41) is 0. The van der Waals surface area contributed by atoms with Gasteiger partial charge in [0.1, 0.15) is 11.4 Å². The third-order valence-corrected chi connectivity index (χ3v) is 1.18. The molecular formula is C11H14O3. The number of carbonyl (C=O) groups is 1. The predicted molar refractivity (Wildman–Crippen MR) is 53.3 cm³/mol. The van der Waals surface area contributed by atoms with E-state index in [1.54, 1.807) is 6.07 Å². The van der Waals surface area contributed by atoms with Crippen LogP contribution in [0.3, 0.4) is 0 Å². The molecule has 1 aromatic carbocycles. The molecule has 0 amide bonds. The lowest BCUT2D eigenvalue weighted by Gasteiger charge is -2.18. The van der Waals surface area contributed by atoms with E-state index < -0.39 is 32.3 Å². The van der Waals surface area contributed by atoms with Gasteiger partial charge in [-0.05, 0) is 32.7 Å². The molecule has 0 N–H and O–H groups in total. The van der Waals surface area contributed by atoms with Crippen LogP contribution in [-0.4, -0.2) is 11.8 Å². The Bertz CT molecular complexity index is 509. The van der Waals surface area contributed by atoms with Gasteiger partial charge in [0.25, 0.3) is 0 Å². The zero-order valence-electron chi connectivity index (χ0n) is 16.1. The van der Waals surface area contributed by atoms with Crippen molar-refractivity contribution in [3.8, 4) is 5.75 Å². The molecule has 76 valence electrons. The number of carbonyl (C=O) groups excluding carboxylic acids is 1. The van der Waals surface area contributed by atoms with Crippen LogP contribution in [0.4, 0.5) is 4.79 Å². The fourth-order valence-corrected chi connectivity index (χ4v) is 0.731. The van der Waals surface area contributed by atoms with Crippen LogP contribution in [-0.2, 0) is 4.74 Å². The molecule has 0 aliphatic rings. The SMILES string of the molecule is [2H]C([2H])([2H])C(OC(=O)Oc1ccccc1)(C([2H])([2H])[2H])C([2H])([2H])[2H]. The highest BCUT2D eigenvalue weighted by atomic mass is 16.7. The van der Waals surface area contributed by atoms with E-state index in [9.17, 15) is 4.79 Å². The lowest BCUT2D eigenvalue weighted by Crippen LogP contribution is -2.25. The predicted octanol–water partition coefficient (Wildman–Crippen LogP) is 3.00. The minimum Gasteiger partial charge on any atom is -0.428 e. The smallest absolute Gasteiger partial charge is 0.428 e. The van der Waals surface area contributed by atoms with Crippen LogP contribution in [0.5, 0.6) is 5.75 Å². The number of rotatable bonds is 1. The van der Waals surface area contributed by atoms with Crippen LogP contribution < -0.4 is 4.74 Å². The van der Waals surface area contributed by atoms with Gasteiger partial charge in [0, 0.05) is 12.3 Å². The molecule has 0 atom stereocenters. The summed E-state index contributed by atoms with van der Waals surface area (Å²) in [7, 11) is 0. The van der Waals surface area contributed by atoms with Gasteiger partial charge < -0.3 is 9.47 Å². The van der Waals surface area contributed by atoms with E-state index in [4.69, 9.17) is 12.3 Å². The Hall–Kier alpha value is -1.51. The third kappa shape index (κ3) is 3.94. The van der Waals surface area contributed by atoms with Crippen LogP contribution >= 0.6 is 0 Å². The Kier molecular flexibility index (Phi) is 1.05. The van der Waals surface area contributed by atoms with Crippen LogP contribution in [0.1, 0.15) is 32.9 Å². The van der Waals surface area contributed by atoms with Crippen LogP contribution in [0, 0.1) is 0 Å². The molecule has 0 fully saturated rings. The highest BCUT2D eigenvalue weighted by molar-refractivity contribution is 5.64. The van der Waals surface area contributed by atoms with Gasteiger partial charge >= 0.3 is 6.16 Å². The van der Waals surface area contributed by atoms with Crippen molar-refractivity contribution in [2.75, 3.05) is 0 Å². The first-order valence-electron chi connectivity index (χ1n) is 8.18. The molecule has 1 aromatic rings. The minimum atomic E-state index is -3.71. The quantitative estimate of drug-likeness (QED) is 0.520. The van der Waals surface area contributed by atoms with E-state index in [1.807, 2.05) is 0 Å². The number of hydrogen-bond acceptors (Lipinski definition) is 3. The van der Waals surface area contributed by atoms with E-state index in [0.29, 0.717) is 0 Å². The Balaban J connectivity index is 3.24.